The van der Waals surface area contributed by atoms with E-state index in [9.17, 15) is 13.2 Å². The van der Waals surface area contributed by atoms with Crippen LogP contribution in [0.4, 0.5) is 0 Å². The first-order chi connectivity index (χ1) is 8.79. The molecule has 0 bridgehead atoms. The fraction of sp³-hybridized carbons (Fsp3) is 0.417. The first-order valence-electron chi connectivity index (χ1n) is 5.78. The minimum atomic E-state index is -3.87. The van der Waals surface area contributed by atoms with Crippen molar-refractivity contribution in [3.8, 4) is 0 Å². The van der Waals surface area contributed by atoms with Crippen molar-refractivity contribution in [3.63, 3.8) is 0 Å². The van der Waals surface area contributed by atoms with Crippen LogP contribution in [0.25, 0.3) is 0 Å². The number of carbonyl (C=O) groups is 1. The summed E-state index contributed by atoms with van der Waals surface area (Å²) < 4.78 is 23.1. The summed E-state index contributed by atoms with van der Waals surface area (Å²) in [5, 5.41) is 0. The summed E-state index contributed by atoms with van der Waals surface area (Å²) in [7, 11) is 3.18. The molecule has 4 nitrogen and oxygen atoms in total. The van der Waals surface area contributed by atoms with Crippen LogP contribution in [0.1, 0.15) is 23.2 Å². The van der Waals surface area contributed by atoms with Gasteiger partial charge in [0.25, 0.3) is 15.0 Å². The number of hydrogen-bond donors (Lipinski definition) is 0. The number of nitrogens with zero attached hydrogens (tertiary/aromatic N) is 1. The van der Waals surface area contributed by atoms with Crippen molar-refractivity contribution in [1.82, 2.24) is 4.90 Å². The van der Waals surface area contributed by atoms with Gasteiger partial charge in [0.1, 0.15) is 0 Å². The van der Waals surface area contributed by atoms with Gasteiger partial charge in [0.2, 0.25) is 0 Å². The van der Waals surface area contributed by atoms with Gasteiger partial charge < -0.3 is 4.90 Å². The van der Waals surface area contributed by atoms with Crippen LogP contribution in [0, 0.1) is 5.92 Å². The zero-order valence-electron chi connectivity index (χ0n) is 10.3. The lowest BCUT2D eigenvalue weighted by molar-refractivity contribution is 0.0788. The smallest absolute Gasteiger partial charge is 0.262 e. The van der Waals surface area contributed by atoms with Crippen LogP contribution in [-0.4, -0.2) is 32.8 Å². The molecule has 0 heterocycles. The van der Waals surface area contributed by atoms with Crippen molar-refractivity contribution >= 4 is 41.6 Å². The highest BCUT2D eigenvalue weighted by molar-refractivity contribution is 9.10. The van der Waals surface area contributed by atoms with Crippen LogP contribution in [-0.2, 0) is 9.05 Å². The summed E-state index contributed by atoms with van der Waals surface area (Å²) >= 11 is 3.11. The number of benzene rings is 1. The minimum absolute atomic E-state index is 0.0835. The highest BCUT2D eigenvalue weighted by Gasteiger charge is 2.26. The van der Waals surface area contributed by atoms with E-state index in [1.807, 2.05) is 0 Å². The molecule has 0 spiro atoms. The normalized spacial score (nSPS) is 15.3. The zero-order chi connectivity index (χ0) is 14.2. The fourth-order valence-corrected chi connectivity index (χ4v) is 3.93. The summed E-state index contributed by atoms with van der Waals surface area (Å²) in [6.45, 7) is 0.706. The molecule has 0 radical (unpaired) electrons. The molecular formula is C12H13BrClNO3S. The molecular weight excluding hydrogens is 354 g/mol. The molecule has 2 rings (SSSR count). The van der Waals surface area contributed by atoms with Gasteiger partial charge in [-0.1, -0.05) is 0 Å². The molecule has 0 saturated heterocycles. The highest BCUT2D eigenvalue weighted by Crippen LogP contribution is 2.30. The van der Waals surface area contributed by atoms with Gasteiger partial charge in [-0.05, 0) is 52.9 Å². The molecule has 0 N–H and O–H groups in total. The highest BCUT2D eigenvalue weighted by atomic mass is 79.9. The first-order valence-corrected chi connectivity index (χ1v) is 8.89. The Hall–Kier alpha value is -0.590. The van der Waals surface area contributed by atoms with Crippen molar-refractivity contribution in [2.75, 3.05) is 13.6 Å². The number of hydrogen-bond acceptors (Lipinski definition) is 3. The average Bonchev–Trinajstić information content (AvgIpc) is 3.11. The lowest BCUT2D eigenvalue weighted by atomic mass is 10.2. The van der Waals surface area contributed by atoms with Crippen molar-refractivity contribution in [2.45, 2.75) is 17.7 Å². The Morgan fingerprint density at radius 2 is 2.11 bits per heavy atom. The molecule has 104 valence electrons. The van der Waals surface area contributed by atoms with Gasteiger partial charge in [0.15, 0.2) is 0 Å². The van der Waals surface area contributed by atoms with Crippen molar-refractivity contribution < 1.29 is 13.2 Å². The summed E-state index contributed by atoms with van der Waals surface area (Å²) in [6.07, 6.45) is 2.30. The minimum Gasteiger partial charge on any atom is -0.341 e. The Balaban J connectivity index is 2.27. The number of rotatable bonds is 4. The van der Waals surface area contributed by atoms with Gasteiger partial charge in [-0.25, -0.2) is 8.42 Å². The molecule has 19 heavy (non-hydrogen) atoms. The summed E-state index contributed by atoms with van der Waals surface area (Å²) in [4.78, 5) is 13.7. The number of amides is 1. The monoisotopic (exact) mass is 365 g/mol. The van der Waals surface area contributed by atoms with Crippen molar-refractivity contribution in [2.24, 2.45) is 5.92 Å². The molecule has 0 aromatic heterocycles. The second-order valence-electron chi connectivity index (χ2n) is 4.71. The molecule has 1 aromatic rings. The van der Waals surface area contributed by atoms with E-state index in [1.165, 1.54) is 12.1 Å². The summed E-state index contributed by atoms with van der Waals surface area (Å²) in [6, 6.07) is 4.41. The molecule has 1 amide bonds. The quantitative estimate of drug-likeness (QED) is 0.770. The van der Waals surface area contributed by atoms with Crippen molar-refractivity contribution in [1.29, 1.82) is 0 Å². The first kappa shape index (κ1) is 14.8. The van der Waals surface area contributed by atoms with E-state index >= 15 is 0 Å². The number of carbonyl (C=O) groups excluding carboxylic acids is 1. The maximum atomic E-state index is 12.2. The maximum Gasteiger partial charge on any atom is 0.262 e. The van der Waals surface area contributed by atoms with E-state index in [-0.39, 0.29) is 10.8 Å². The number of halogens is 2. The third-order valence-electron chi connectivity index (χ3n) is 3.02. The maximum absolute atomic E-state index is 12.2. The summed E-state index contributed by atoms with van der Waals surface area (Å²) in [5.74, 6) is 0.390. The molecule has 0 unspecified atom stereocenters. The van der Waals surface area contributed by atoms with Crippen LogP contribution >= 0.6 is 26.6 Å². The van der Waals surface area contributed by atoms with E-state index in [0.717, 1.165) is 12.8 Å². The molecule has 1 fully saturated rings. The predicted octanol–water partition coefficient (Wildman–Crippen LogP) is 2.86. The predicted molar refractivity (Wildman–Crippen MR) is 76.9 cm³/mol. The summed E-state index contributed by atoms with van der Waals surface area (Å²) in [5.41, 5.74) is 0.325. The third-order valence-corrected chi connectivity index (χ3v) is 5.33. The third kappa shape index (κ3) is 3.70. The Bertz CT molecular complexity index is 613. The molecule has 1 aliphatic rings. The second kappa shape index (κ2) is 5.42. The van der Waals surface area contributed by atoms with Gasteiger partial charge in [0.05, 0.1) is 4.90 Å². The second-order valence-corrected chi connectivity index (χ2v) is 8.10. The van der Waals surface area contributed by atoms with E-state index in [1.54, 1.807) is 18.0 Å². The van der Waals surface area contributed by atoms with E-state index in [4.69, 9.17) is 10.7 Å². The fourth-order valence-electron chi connectivity index (χ4n) is 1.81. The van der Waals surface area contributed by atoms with E-state index < -0.39 is 9.05 Å². The Labute approximate surface area is 125 Å². The van der Waals surface area contributed by atoms with Gasteiger partial charge in [0, 0.05) is 34.3 Å². The Kier molecular flexibility index (Phi) is 4.23. The molecule has 1 aliphatic carbocycles. The van der Waals surface area contributed by atoms with Crippen LogP contribution in [0.2, 0.25) is 0 Å². The largest absolute Gasteiger partial charge is 0.341 e. The van der Waals surface area contributed by atoms with Crippen LogP contribution in [0.15, 0.2) is 27.6 Å². The lowest BCUT2D eigenvalue weighted by Crippen LogP contribution is -2.28. The SMILES string of the molecule is CN(CC1CC1)C(=O)c1ccc(Br)c(S(=O)(=O)Cl)c1. The zero-order valence-corrected chi connectivity index (χ0v) is 13.4. The standard InChI is InChI=1S/C12H13BrClNO3S/c1-15(7-8-2-3-8)12(16)9-4-5-10(13)11(6-9)19(14,17)18/h4-6,8H,2-3,7H2,1H3. The van der Waals surface area contributed by atoms with Crippen LogP contribution in [0.3, 0.4) is 0 Å². The van der Waals surface area contributed by atoms with Crippen LogP contribution < -0.4 is 0 Å². The average molecular weight is 367 g/mol. The molecule has 7 heteroatoms. The van der Waals surface area contributed by atoms with Crippen molar-refractivity contribution in [3.05, 3.63) is 28.2 Å². The topological polar surface area (TPSA) is 54.5 Å². The Morgan fingerprint density at radius 1 is 1.47 bits per heavy atom. The van der Waals surface area contributed by atoms with Gasteiger partial charge in [-0.15, -0.1) is 0 Å². The van der Waals surface area contributed by atoms with E-state index in [2.05, 4.69) is 15.9 Å². The Morgan fingerprint density at radius 3 is 2.63 bits per heavy atom. The van der Waals surface area contributed by atoms with E-state index in [0.29, 0.717) is 22.5 Å². The van der Waals surface area contributed by atoms with Gasteiger partial charge in [-0.2, -0.15) is 0 Å². The van der Waals surface area contributed by atoms with Gasteiger partial charge >= 0.3 is 0 Å². The van der Waals surface area contributed by atoms with Gasteiger partial charge in [-0.3, -0.25) is 4.79 Å². The lowest BCUT2D eigenvalue weighted by Gasteiger charge is -2.17. The molecule has 1 aromatic carbocycles. The van der Waals surface area contributed by atoms with Crippen LogP contribution in [0.5, 0.6) is 0 Å². The molecule has 0 atom stereocenters. The molecule has 1 saturated carbocycles. The molecule has 0 aliphatic heterocycles.